The van der Waals surface area contributed by atoms with Crippen molar-refractivity contribution in [1.29, 1.82) is 0 Å². The predicted octanol–water partition coefficient (Wildman–Crippen LogP) is 6.55. The molecule has 2 aliphatic carbocycles. The molecule has 7 heteroatoms. The third kappa shape index (κ3) is 4.87. The number of nitrogens with zero attached hydrogens (tertiary/aromatic N) is 3. The van der Waals surface area contributed by atoms with Crippen LogP contribution in [-0.4, -0.2) is 34.1 Å². The van der Waals surface area contributed by atoms with Crippen LogP contribution in [0.5, 0.6) is 0 Å². The molecule has 1 aliphatic heterocycles. The van der Waals surface area contributed by atoms with Crippen molar-refractivity contribution in [3.8, 4) is 0 Å². The first-order valence-electron chi connectivity index (χ1n) is 11.2. The minimum Gasteiger partial charge on any atom is -0.357 e. The number of hydrogen-bond acceptors (Lipinski definition) is 4. The Morgan fingerprint density at radius 2 is 1.77 bits per heavy atom. The van der Waals surface area contributed by atoms with Crippen LogP contribution in [0.4, 0.5) is 18.9 Å². The van der Waals surface area contributed by atoms with Crippen LogP contribution in [0.2, 0.25) is 0 Å². The molecule has 1 spiro atoms. The van der Waals surface area contributed by atoms with Gasteiger partial charge in [0.05, 0.1) is 6.67 Å². The van der Waals surface area contributed by atoms with Crippen molar-refractivity contribution in [2.45, 2.75) is 73.4 Å². The monoisotopic (exact) mass is 447 g/mol. The Hall–Kier alpha value is -1.73. The molecule has 1 aromatic heterocycles. The molecule has 2 heterocycles. The fourth-order valence-electron chi connectivity index (χ4n) is 5.16. The van der Waals surface area contributed by atoms with E-state index in [0.717, 1.165) is 25.4 Å². The van der Waals surface area contributed by atoms with E-state index in [1.165, 1.54) is 56.2 Å². The number of aromatic nitrogens is 1. The van der Waals surface area contributed by atoms with Gasteiger partial charge >= 0.3 is 5.51 Å². The zero-order valence-corrected chi connectivity index (χ0v) is 18.4. The summed E-state index contributed by atoms with van der Waals surface area (Å²) in [6, 6.07) is 11.2. The molecule has 5 rings (SSSR count). The second kappa shape index (κ2) is 8.32. The lowest BCUT2D eigenvalue weighted by Crippen LogP contribution is -2.32. The van der Waals surface area contributed by atoms with E-state index in [0.29, 0.717) is 5.92 Å². The molecular formula is C24H28F3N3S. The highest BCUT2D eigenvalue weighted by molar-refractivity contribution is 8.00. The SMILES string of the molecule is FC(F)(F)Sc1ccc(N2CN(Cc3ccnc(C4CCCCC4)c3)C3(CC3)C2)cc1. The number of thioether (sulfide) groups is 1. The number of pyridine rings is 1. The Morgan fingerprint density at radius 1 is 1.03 bits per heavy atom. The molecule has 0 bridgehead atoms. The first kappa shape index (κ1) is 21.1. The third-order valence-electron chi connectivity index (χ3n) is 7.00. The Labute approximate surface area is 186 Å². The number of hydrogen-bond donors (Lipinski definition) is 0. The minimum absolute atomic E-state index is 0.0555. The molecule has 0 atom stereocenters. The molecule has 0 radical (unpaired) electrons. The fraction of sp³-hybridized carbons (Fsp3) is 0.542. The zero-order chi connectivity index (χ0) is 21.5. The zero-order valence-electron chi connectivity index (χ0n) is 17.6. The normalized spacial score (nSPS) is 21.7. The van der Waals surface area contributed by atoms with Crippen LogP contribution >= 0.6 is 11.8 Å². The van der Waals surface area contributed by atoms with Gasteiger partial charge in [-0.15, -0.1) is 0 Å². The summed E-state index contributed by atoms with van der Waals surface area (Å²) < 4.78 is 37.8. The van der Waals surface area contributed by atoms with Crippen LogP contribution in [0.15, 0.2) is 47.5 Å². The molecule has 2 aromatic rings. The van der Waals surface area contributed by atoms with E-state index in [2.05, 4.69) is 26.9 Å². The summed E-state index contributed by atoms with van der Waals surface area (Å²) in [5.41, 5.74) is -0.465. The smallest absolute Gasteiger partial charge is 0.357 e. The van der Waals surface area contributed by atoms with E-state index in [-0.39, 0.29) is 22.2 Å². The van der Waals surface area contributed by atoms with Crippen molar-refractivity contribution in [1.82, 2.24) is 9.88 Å². The second-order valence-electron chi connectivity index (χ2n) is 9.23. The average Bonchev–Trinajstić information content (AvgIpc) is 3.45. The first-order chi connectivity index (χ1) is 14.9. The summed E-state index contributed by atoms with van der Waals surface area (Å²) in [6.45, 7) is 2.66. The summed E-state index contributed by atoms with van der Waals surface area (Å²) >= 11 is -0.0555. The Kier molecular flexibility index (Phi) is 5.67. The lowest BCUT2D eigenvalue weighted by Gasteiger charge is -2.24. The van der Waals surface area contributed by atoms with Crippen LogP contribution < -0.4 is 4.90 Å². The predicted molar refractivity (Wildman–Crippen MR) is 118 cm³/mol. The standard InChI is InChI=1S/C24H28F3N3S/c25-24(26,27)31-21-8-6-20(7-9-21)29-16-23(11-12-23)30(17-29)15-18-10-13-28-22(14-18)19-4-2-1-3-5-19/h6-10,13-14,19H,1-5,11-12,15-17H2. The topological polar surface area (TPSA) is 19.4 Å². The molecule has 31 heavy (non-hydrogen) atoms. The van der Waals surface area contributed by atoms with Crippen LogP contribution in [-0.2, 0) is 6.54 Å². The number of alkyl halides is 3. The summed E-state index contributed by atoms with van der Waals surface area (Å²) in [5, 5.41) is 0. The molecule has 3 aliphatic rings. The number of rotatable bonds is 5. The highest BCUT2D eigenvalue weighted by atomic mass is 32.2. The van der Waals surface area contributed by atoms with Gasteiger partial charge in [-0.2, -0.15) is 13.2 Å². The van der Waals surface area contributed by atoms with Crippen molar-refractivity contribution < 1.29 is 13.2 Å². The Balaban J connectivity index is 1.26. The van der Waals surface area contributed by atoms with Crippen LogP contribution in [0.25, 0.3) is 0 Å². The quantitative estimate of drug-likeness (QED) is 0.484. The second-order valence-corrected chi connectivity index (χ2v) is 10.4. The van der Waals surface area contributed by atoms with E-state index >= 15 is 0 Å². The van der Waals surface area contributed by atoms with Gasteiger partial charge in [-0.25, -0.2) is 0 Å². The molecule has 166 valence electrons. The molecule has 3 nitrogen and oxygen atoms in total. The van der Waals surface area contributed by atoms with Crippen molar-refractivity contribution >= 4 is 17.4 Å². The first-order valence-corrected chi connectivity index (χ1v) is 12.0. The maximum Gasteiger partial charge on any atom is 0.446 e. The number of anilines is 1. The lowest BCUT2D eigenvalue weighted by molar-refractivity contribution is -0.0328. The average molecular weight is 448 g/mol. The van der Waals surface area contributed by atoms with Gasteiger partial charge in [0, 0.05) is 47.0 Å². The Bertz CT molecular complexity index is 905. The van der Waals surface area contributed by atoms with E-state index in [1.54, 1.807) is 12.1 Å². The molecule has 0 N–H and O–H groups in total. The van der Waals surface area contributed by atoms with Gasteiger partial charge in [-0.05, 0) is 79.4 Å². The van der Waals surface area contributed by atoms with Gasteiger partial charge in [0.1, 0.15) is 0 Å². The van der Waals surface area contributed by atoms with Crippen molar-refractivity contribution in [3.63, 3.8) is 0 Å². The minimum atomic E-state index is -4.24. The molecule has 2 saturated carbocycles. The van der Waals surface area contributed by atoms with E-state index in [4.69, 9.17) is 0 Å². The van der Waals surface area contributed by atoms with Gasteiger partial charge in [0.25, 0.3) is 0 Å². The van der Waals surface area contributed by atoms with Crippen molar-refractivity contribution in [2.75, 3.05) is 18.1 Å². The summed E-state index contributed by atoms with van der Waals surface area (Å²) in [6.07, 6.45) is 10.8. The number of halogens is 3. The van der Waals surface area contributed by atoms with E-state index in [9.17, 15) is 13.2 Å². The van der Waals surface area contributed by atoms with Crippen molar-refractivity contribution in [3.05, 3.63) is 53.9 Å². The molecule has 3 fully saturated rings. The lowest BCUT2D eigenvalue weighted by atomic mass is 9.86. The van der Waals surface area contributed by atoms with Gasteiger partial charge in [0.15, 0.2) is 0 Å². The highest BCUT2D eigenvalue weighted by Gasteiger charge is 2.53. The van der Waals surface area contributed by atoms with Gasteiger partial charge < -0.3 is 4.90 Å². The maximum atomic E-state index is 12.6. The highest BCUT2D eigenvalue weighted by Crippen LogP contribution is 2.48. The Morgan fingerprint density at radius 3 is 2.45 bits per heavy atom. The van der Waals surface area contributed by atoms with Gasteiger partial charge in [-0.1, -0.05) is 19.3 Å². The summed E-state index contributed by atoms with van der Waals surface area (Å²) in [4.78, 5) is 9.76. The largest absolute Gasteiger partial charge is 0.446 e. The molecule has 1 aromatic carbocycles. The molecular weight excluding hydrogens is 419 g/mol. The van der Waals surface area contributed by atoms with Gasteiger partial charge in [0.2, 0.25) is 0 Å². The third-order valence-corrected chi connectivity index (χ3v) is 7.74. The maximum absolute atomic E-state index is 12.6. The fourth-order valence-corrected chi connectivity index (χ4v) is 5.70. The molecule has 1 saturated heterocycles. The summed E-state index contributed by atoms with van der Waals surface area (Å²) in [5.74, 6) is 0.603. The number of benzene rings is 1. The van der Waals surface area contributed by atoms with Gasteiger partial charge in [-0.3, -0.25) is 9.88 Å². The van der Waals surface area contributed by atoms with Crippen LogP contribution in [0.3, 0.4) is 0 Å². The molecule has 0 unspecified atom stereocenters. The van der Waals surface area contributed by atoms with Crippen LogP contribution in [0.1, 0.15) is 62.1 Å². The summed E-state index contributed by atoms with van der Waals surface area (Å²) in [7, 11) is 0. The molecule has 0 amide bonds. The van der Waals surface area contributed by atoms with Crippen molar-refractivity contribution in [2.24, 2.45) is 0 Å². The van der Waals surface area contributed by atoms with E-state index in [1.807, 2.05) is 18.3 Å². The van der Waals surface area contributed by atoms with Crippen LogP contribution in [0, 0.1) is 0 Å². The van der Waals surface area contributed by atoms with E-state index < -0.39 is 5.51 Å².